The number of aromatic nitrogens is 2. The number of nitrogens with zero attached hydrogens (tertiary/aromatic N) is 2. The Morgan fingerprint density at radius 1 is 1.41 bits per heavy atom. The molecule has 1 saturated heterocycles. The number of aliphatic hydroxyl groups is 1. The Kier molecular flexibility index (Phi) is 4.27. The van der Waals surface area contributed by atoms with Crippen LogP contribution in [-0.4, -0.2) is 33.3 Å². The fraction of sp³-hybridized carbons (Fsp3) is 0.471. The smallest absolute Gasteiger partial charge is 0.129 e. The van der Waals surface area contributed by atoms with Crippen molar-refractivity contribution < 1.29 is 9.50 Å². The zero-order valence-electron chi connectivity index (χ0n) is 13.0. The van der Waals surface area contributed by atoms with Crippen molar-refractivity contribution in [1.29, 1.82) is 0 Å². The maximum Gasteiger partial charge on any atom is 0.129 e. The van der Waals surface area contributed by atoms with Crippen LogP contribution in [-0.2, 0) is 0 Å². The maximum absolute atomic E-state index is 13.8. The summed E-state index contributed by atoms with van der Waals surface area (Å²) in [6.07, 6.45) is 1.32. The molecule has 2 unspecified atom stereocenters. The molecule has 118 valence electrons. The molecule has 22 heavy (non-hydrogen) atoms. The van der Waals surface area contributed by atoms with Crippen molar-refractivity contribution in [2.75, 3.05) is 13.1 Å². The first-order valence-electron chi connectivity index (χ1n) is 7.76. The molecule has 3 rings (SSSR count). The normalized spacial score (nSPS) is 20.5. The second-order valence-corrected chi connectivity index (χ2v) is 6.04. The second kappa shape index (κ2) is 6.18. The molecule has 1 aromatic carbocycles. The number of β-amino-alcohol motifs (C(OH)–C–C–N with tert-alkyl or cyclic N) is 1. The Morgan fingerprint density at radius 2 is 2.18 bits per heavy atom. The van der Waals surface area contributed by atoms with E-state index in [9.17, 15) is 9.50 Å². The van der Waals surface area contributed by atoms with Crippen LogP contribution in [0.2, 0.25) is 0 Å². The van der Waals surface area contributed by atoms with Crippen molar-refractivity contribution in [2.24, 2.45) is 0 Å². The summed E-state index contributed by atoms with van der Waals surface area (Å²) in [4.78, 5) is 2.24. The summed E-state index contributed by atoms with van der Waals surface area (Å²) in [5, 5.41) is 17.7. The van der Waals surface area contributed by atoms with Crippen LogP contribution in [0.15, 0.2) is 24.3 Å². The molecule has 0 saturated carbocycles. The first-order chi connectivity index (χ1) is 10.6. The Hall–Kier alpha value is -1.72. The number of aliphatic hydroxyl groups excluding tert-OH is 1. The molecule has 2 N–H and O–H groups in total. The number of nitrogens with one attached hydrogen (secondary N) is 1. The van der Waals surface area contributed by atoms with Gasteiger partial charge in [-0.05, 0) is 39.3 Å². The van der Waals surface area contributed by atoms with Crippen LogP contribution in [0, 0.1) is 19.7 Å². The molecule has 0 aliphatic carbocycles. The van der Waals surface area contributed by atoms with E-state index in [1.165, 1.54) is 11.6 Å². The molecule has 0 spiro atoms. The van der Waals surface area contributed by atoms with Gasteiger partial charge in [0.15, 0.2) is 0 Å². The van der Waals surface area contributed by atoms with Crippen LogP contribution >= 0.6 is 0 Å². The molecular formula is C17H22FN3O. The van der Waals surface area contributed by atoms with Crippen molar-refractivity contribution in [1.82, 2.24) is 15.1 Å². The Bertz CT molecular complexity index is 636. The third-order valence-corrected chi connectivity index (χ3v) is 4.55. The van der Waals surface area contributed by atoms with Gasteiger partial charge in [-0.15, -0.1) is 0 Å². The lowest BCUT2D eigenvalue weighted by Crippen LogP contribution is -2.29. The minimum absolute atomic E-state index is 0.250. The predicted octanol–water partition coefficient (Wildman–Crippen LogP) is 3.04. The lowest BCUT2D eigenvalue weighted by molar-refractivity contribution is 0.103. The first-order valence-corrected chi connectivity index (χ1v) is 7.76. The Balaban J connectivity index is 1.78. The number of halogens is 1. The molecule has 2 heterocycles. The van der Waals surface area contributed by atoms with Gasteiger partial charge in [-0.25, -0.2) is 4.39 Å². The quantitative estimate of drug-likeness (QED) is 0.913. The molecule has 5 heteroatoms. The molecule has 2 atom stereocenters. The summed E-state index contributed by atoms with van der Waals surface area (Å²) in [5.41, 5.74) is 3.68. The molecule has 4 nitrogen and oxygen atoms in total. The topological polar surface area (TPSA) is 52.2 Å². The average molecular weight is 303 g/mol. The highest BCUT2D eigenvalue weighted by Gasteiger charge is 2.31. The van der Waals surface area contributed by atoms with Gasteiger partial charge in [-0.3, -0.25) is 10.00 Å². The van der Waals surface area contributed by atoms with E-state index >= 15 is 0 Å². The van der Waals surface area contributed by atoms with Gasteiger partial charge >= 0.3 is 0 Å². The monoisotopic (exact) mass is 303 g/mol. The average Bonchev–Trinajstić information content (AvgIpc) is 3.06. The van der Waals surface area contributed by atoms with Crippen LogP contribution in [0.25, 0.3) is 0 Å². The standard InChI is InChI=1S/C17H22FN3O/c1-11-17(12(2)20-19-11)15-8-5-9-21(15)10-16(22)13-6-3-4-7-14(13)18/h3-4,6-7,15-16,22H,5,8-10H2,1-2H3,(H,19,20). The molecule has 1 aliphatic heterocycles. The number of likely N-dealkylation sites (tertiary alicyclic amines) is 1. The number of H-pyrrole nitrogens is 1. The van der Waals surface area contributed by atoms with Gasteiger partial charge in [-0.1, -0.05) is 18.2 Å². The zero-order valence-corrected chi connectivity index (χ0v) is 13.0. The molecule has 0 bridgehead atoms. The first kappa shape index (κ1) is 15.2. The summed E-state index contributed by atoms with van der Waals surface area (Å²) in [5.74, 6) is -0.346. The molecule has 0 amide bonds. The number of hydrogen-bond acceptors (Lipinski definition) is 3. The van der Waals surface area contributed by atoms with Crippen LogP contribution in [0.3, 0.4) is 0 Å². The fourth-order valence-electron chi connectivity index (χ4n) is 3.49. The van der Waals surface area contributed by atoms with Gasteiger partial charge < -0.3 is 5.11 Å². The lowest BCUT2D eigenvalue weighted by Gasteiger charge is -2.27. The zero-order chi connectivity index (χ0) is 15.7. The molecule has 1 fully saturated rings. The van der Waals surface area contributed by atoms with Crippen molar-refractivity contribution >= 4 is 0 Å². The van der Waals surface area contributed by atoms with E-state index in [1.54, 1.807) is 18.2 Å². The third-order valence-electron chi connectivity index (χ3n) is 4.55. The van der Waals surface area contributed by atoms with E-state index in [0.717, 1.165) is 30.8 Å². The minimum atomic E-state index is -0.811. The summed E-state index contributed by atoms with van der Waals surface area (Å²) >= 11 is 0. The van der Waals surface area contributed by atoms with Gasteiger partial charge in [0.25, 0.3) is 0 Å². The van der Waals surface area contributed by atoms with Gasteiger partial charge in [-0.2, -0.15) is 5.10 Å². The Labute approximate surface area is 130 Å². The largest absolute Gasteiger partial charge is 0.387 e. The van der Waals surface area contributed by atoms with Gasteiger partial charge in [0.2, 0.25) is 0 Å². The molecule has 1 aromatic heterocycles. The SMILES string of the molecule is Cc1n[nH]c(C)c1C1CCCN1CC(O)c1ccccc1F. The van der Waals surface area contributed by atoms with Crippen molar-refractivity contribution in [2.45, 2.75) is 38.8 Å². The molecule has 0 radical (unpaired) electrons. The highest BCUT2D eigenvalue weighted by Crippen LogP contribution is 2.36. The van der Waals surface area contributed by atoms with Crippen molar-refractivity contribution in [3.63, 3.8) is 0 Å². The minimum Gasteiger partial charge on any atom is -0.387 e. The Morgan fingerprint density at radius 3 is 2.86 bits per heavy atom. The number of benzene rings is 1. The van der Waals surface area contributed by atoms with Gasteiger partial charge in [0.05, 0.1) is 11.8 Å². The van der Waals surface area contributed by atoms with Gasteiger partial charge in [0, 0.05) is 29.4 Å². The van der Waals surface area contributed by atoms with E-state index in [0.29, 0.717) is 12.1 Å². The fourth-order valence-corrected chi connectivity index (χ4v) is 3.49. The number of hydrogen-bond donors (Lipinski definition) is 2. The second-order valence-electron chi connectivity index (χ2n) is 6.04. The van der Waals surface area contributed by atoms with E-state index in [1.807, 2.05) is 13.8 Å². The lowest BCUT2D eigenvalue weighted by atomic mass is 10.0. The van der Waals surface area contributed by atoms with E-state index in [2.05, 4.69) is 15.1 Å². The predicted molar refractivity (Wildman–Crippen MR) is 83.0 cm³/mol. The summed E-state index contributed by atoms with van der Waals surface area (Å²) in [6, 6.07) is 6.69. The van der Waals surface area contributed by atoms with Crippen LogP contribution < -0.4 is 0 Å². The summed E-state index contributed by atoms with van der Waals surface area (Å²) in [7, 11) is 0. The summed E-state index contributed by atoms with van der Waals surface area (Å²) in [6.45, 7) is 5.39. The number of aromatic amines is 1. The van der Waals surface area contributed by atoms with Crippen LogP contribution in [0.1, 0.15) is 47.5 Å². The summed E-state index contributed by atoms with van der Waals surface area (Å²) < 4.78 is 13.8. The van der Waals surface area contributed by atoms with E-state index in [-0.39, 0.29) is 11.9 Å². The molecular weight excluding hydrogens is 281 g/mol. The molecule has 1 aliphatic rings. The van der Waals surface area contributed by atoms with Gasteiger partial charge in [0.1, 0.15) is 5.82 Å². The number of rotatable bonds is 4. The van der Waals surface area contributed by atoms with E-state index < -0.39 is 6.10 Å². The van der Waals surface area contributed by atoms with Crippen molar-refractivity contribution in [3.05, 3.63) is 52.6 Å². The highest BCUT2D eigenvalue weighted by molar-refractivity contribution is 5.28. The van der Waals surface area contributed by atoms with E-state index in [4.69, 9.17) is 0 Å². The maximum atomic E-state index is 13.8. The van der Waals surface area contributed by atoms with Crippen LogP contribution in [0.4, 0.5) is 4.39 Å². The number of aryl methyl sites for hydroxylation is 2. The third kappa shape index (κ3) is 2.78. The molecule has 2 aromatic rings. The van der Waals surface area contributed by atoms with Crippen LogP contribution in [0.5, 0.6) is 0 Å². The highest BCUT2D eigenvalue weighted by atomic mass is 19.1. The van der Waals surface area contributed by atoms with Crippen molar-refractivity contribution in [3.8, 4) is 0 Å².